The first-order valence-electron chi connectivity index (χ1n) is 5.12. The van der Waals surface area contributed by atoms with E-state index in [9.17, 15) is 0 Å². The van der Waals surface area contributed by atoms with Gasteiger partial charge in [0.15, 0.2) is 0 Å². The zero-order chi connectivity index (χ0) is 10.3. The van der Waals surface area contributed by atoms with Gasteiger partial charge in [0, 0.05) is 12.7 Å². The summed E-state index contributed by atoms with van der Waals surface area (Å²) in [5, 5.41) is 0. The number of aromatic nitrogens is 2. The van der Waals surface area contributed by atoms with Crippen LogP contribution >= 0.6 is 0 Å². The molecule has 2 bridgehead atoms. The number of hydrogen-bond donors (Lipinski definition) is 0. The summed E-state index contributed by atoms with van der Waals surface area (Å²) in [7, 11) is 1.58. The summed E-state index contributed by atoms with van der Waals surface area (Å²) in [6, 6.07) is 2.83. The van der Waals surface area contributed by atoms with Gasteiger partial charge in [-0.1, -0.05) is 0 Å². The Balaban J connectivity index is 1.86. The minimum Gasteiger partial charge on any atom is -0.467 e. The molecule has 80 valence electrons. The Morgan fingerprint density at radius 3 is 3.20 bits per heavy atom. The number of ether oxygens (including phenoxy) is 2. The number of methoxy groups -OCH3 is 1. The SMILES string of the molecule is COc1nccc(N2CC3CC2CO3)n1. The molecule has 3 heterocycles. The topological polar surface area (TPSA) is 47.5 Å². The van der Waals surface area contributed by atoms with E-state index < -0.39 is 0 Å². The Hall–Kier alpha value is -1.36. The smallest absolute Gasteiger partial charge is 0.318 e. The van der Waals surface area contributed by atoms with E-state index in [2.05, 4.69) is 14.9 Å². The molecule has 2 aliphatic rings. The zero-order valence-corrected chi connectivity index (χ0v) is 8.59. The van der Waals surface area contributed by atoms with Crippen LogP contribution in [0, 0.1) is 0 Å². The van der Waals surface area contributed by atoms with Crippen LogP contribution in [0.3, 0.4) is 0 Å². The highest BCUT2D eigenvalue weighted by Crippen LogP contribution is 2.31. The Morgan fingerprint density at radius 1 is 1.60 bits per heavy atom. The first-order chi connectivity index (χ1) is 7.36. The van der Waals surface area contributed by atoms with Gasteiger partial charge in [0.1, 0.15) is 5.82 Å². The van der Waals surface area contributed by atoms with E-state index in [0.717, 1.165) is 25.4 Å². The van der Waals surface area contributed by atoms with E-state index in [4.69, 9.17) is 9.47 Å². The monoisotopic (exact) mass is 207 g/mol. The minimum atomic E-state index is 0.385. The predicted octanol–water partition coefficient (Wildman–Crippen LogP) is 0.463. The fourth-order valence-electron chi connectivity index (χ4n) is 2.27. The van der Waals surface area contributed by atoms with Crippen LogP contribution in [-0.4, -0.2) is 42.4 Å². The molecule has 0 radical (unpaired) electrons. The van der Waals surface area contributed by atoms with Crippen LogP contribution in [0.15, 0.2) is 12.3 Å². The molecule has 5 nitrogen and oxygen atoms in total. The van der Waals surface area contributed by atoms with Crippen LogP contribution in [0.2, 0.25) is 0 Å². The molecular weight excluding hydrogens is 194 g/mol. The van der Waals surface area contributed by atoms with Crippen molar-refractivity contribution in [3.8, 4) is 6.01 Å². The van der Waals surface area contributed by atoms with Gasteiger partial charge in [-0.05, 0) is 12.5 Å². The lowest BCUT2D eigenvalue weighted by Gasteiger charge is -2.27. The number of anilines is 1. The first-order valence-corrected chi connectivity index (χ1v) is 5.12. The summed E-state index contributed by atoms with van der Waals surface area (Å²) in [5.41, 5.74) is 0. The van der Waals surface area contributed by atoms with E-state index in [1.54, 1.807) is 13.3 Å². The summed E-state index contributed by atoms with van der Waals surface area (Å²) in [6.45, 7) is 1.75. The van der Waals surface area contributed by atoms with E-state index in [1.165, 1.54) is 0 Å². The summed E-state index contributed by atoms with van der Waals surface area (Å²) in [6.07, 6.45) is 3.23. The van der Waals surface area contributed by atoms with Crippen molar-refractivity contribution >= 4 is 5.82 Å². The number of nitrogens with zero attached hydrogens (tertiary/aromatic N) is 3. The van der Waals surface area contributed by atoms with E-state index in [0.29, 0.717) is 18.2 Å². The van der Waals surface area contributed by atoms with Crippen LogP contribution in [0.1, 0.15) is 6.42 Å². The van der Waals surface area contributed by atoms with Crippen molar-refractivity contribution in [1.82, 2.24) is 9.97 Å². The Bertz CT molecular complexity index is 371. The second kappa shape index (κ2) is 3.34. The summed E-state index contributed by atoms with van der Waals surface area (Å²) >= 11 is 0. The lowest BCUT2D eigenvalue weighted by Crippen LogP contribution is -2.37. The molecule has 0 amide bonds. The second-order valence-corrected chi connectivity index (χ2v) is 3.90. The van der Waals surface area contributed by atoms with Gasteiger partial charge < -0.3 is 14.4 Å². The zero-order valence-electron chi connectivity index (χ0n) is 8.59. The quantitative estimate of drug-likeness (QED) is 0.705. The lowest BCUT2D eigenvalue weighted by molar-refractivity contribution is 0.0988. The van der Waals surface area contributed by atoms with Gasteiger partial charge in [-0.15, -0.1) is 0 Å². The number of morpholine rings is 1. The van der Waals surface area contributed by atoms with Gasteiger partial charge in [-0.25, -0.2) is 4.98 Å². The molecule has 2 aliphatic heterocycles. The van der Waals surface area contributed by atoms with Crippen LogP contribution in [-0.2, 0) is 4.74 Å². The highest BCUT2D eigenvalue weighted by Gasteiger charge is 2.39. The Morgan fingerprint density at radius 2 is 2.53 bits per heavy atom. The molecule has 0 spiro atoms. The molecule has 3 rings (SSSR count). The third-order valence-corrected chi connectivity index (χ3v) is 3.00. The predicted molar refractivity (Wildman–Crippen MR) is 54.1 cm³/mol. The van der Waals surface area contributed by atoms with Crippen molar-refractivity contribution in [3.05, 3.63) is 12.3 Å². The van der Waals surface area contributed by atoms with Crippen molar-refractivity contribution in [2.75, 3.05) is 25.2 Å². The third-order valence-electron chi connectivity index (χ3n) is 3.00. The first kappa shape index (κ1) is 8.91. The maximum atomic E-state index is 5.54. The molecule has 0 aliphatic carbocycles. The van der Waals surface area contributed by atoms with E-state index in [-0.39, 0.29) is 0 Å². The molecule has 0 aromatic carbocycles. The number of rotatable bonds is 2. The highest BCUT2D eigenvalue weighted by molar-refractivity contribution is 5.42. The Kier molecular flexibility index (Phi) is 1.98. The van der Waals surface area contributed by atoms with Gasteiger partial charge in [0.2, 0.25) is 0 Å². The van der Waals surface area contributed by atoms with Gasteiger partial charge in [-0.2, -0.15) is 4.98 Å². The fourth-order valence-corrected chi connectivity index (χ4v) is 2.27. The van der Waals surface area contributed by atoms with Crippen LogP contribution in [0.5, 0.6) is 6.01 Å². The van der Waals surface area contributed by atoms with Crippen LogP contribution in [0.25, 0.3) is 0 Å². The average molecular weight is 207 g/mol. The molecule has 0 saturated carbocycles. The molecule has 0 N–H and O–H groups in total. The molecule has 5 heteroatoms. The van der Waals surface area contributed by atoms with E-state index in [1.807, 2.05) is 6.07 Å². The van der Waals surface area contributed by atoms with E-state index >= 15 is 0 Å². The fraction of sp³-hybridized carbons (Fsp3) is 0.600. The lowest BCUT2D eigenvalue weighted by atomic mass is 10.2. The molecule has 1 aromatic heterocycles. The molecule has 1 aromatic rings. The summed E-state index contributed by atoms with van der Waals surface area (Å²) < 4.78 is 10.6. The largest absolute Gasteiger partial charge is 0.467 e. The number of hydrogen-bond acceptors (Lipinski definition) is 5. The van der Waals surface area contributed by atoms with Crippen LogP contribution in [0.4, 0.5) is 5.82 Å². The average Bonchev–Trinajstić information content (AvgIpc) is 2.91. The molecule has 2 unspecified atom stereocenters. The van der Waals surface area contributed by atoms with Crippen molar-refractivity contribution in [3.63, 3.8) is 0 Å². The Labute approximate surface area is 88.0 Å². The summed E-state index contributed by atoms with van der Waals surface area (Å²) in [5.74, 6) is 0.942. The van der Waals surface area contributed by atoms with Gasteiger partial charge in [0.05, 0.1) is 25.9 Å². The van der Waals surface area contributed by atoms with Crippen molar-refractivity contribution in [2.24, 2.45) is 0 Å². The van der Waals surface area contributed by atoms with Gasteiger partial charge >= 0.3 is 6.01 Å². The van der Waals surface area contributed by atoms with Gasteiger partial charge in [-0.3, -0.25) is 0 Å². The third kappa shape index (κ3) is 1.43. The highest BCUT2D eigenvalue weighted by atomic mass is 16.5. The number of fused-ring (bicyclic) bond motifs is 2. The summed E-state index contributed by atoms with van der Waals surface area (Å²) in [4.78, 5) is 10.6. The van der Waals surface area contributed by atoms with Crippen molar-refractivity contribution < 1.29 is 9.47 Å². The van der Waals surface area contributed by atoms with Crippen molar-refractivity contribution in [2.45, 2.75) is 18.6 Å². The molecule has 15 heavy (non-hydrogen) atoms. The maximum Gasteiger partial charge on any atom is 0.318 e. The maximum absolute atomic E-state index is 5.54. The molecule has 2 atom stereocenters. The van der Waals surface area contributed by atoms with Crippen LogP contribution < -0.4 is 9.64 Å². The minimum absolute atomic E-state index is 0.385. The molecule has 2 saturated heterocycles. The standard InChI is InChI=1S/C10H13N3O2/c1-14-10-11-3-2-9(12-10)13-5-8-4-7(13)6-15-8/h2-3,7-8H,4-6H2,1H3. The van der Waals surface area contributed by atoms with Crippen molar-refractivity contribution in [1.29, 1.82) is 0 Å². The molecule has 2 fully saturated rings. The second-order valence-electron chi connectivity index (χ2n) is 3.90. The normalized spacial score (nSPS) is 28.5. The van der Waals surface area contributed by atoms with Gasteiger partial charge in [0.25, 0.3) is 0 Å². The molecular formula is C10H13N3O2.